The molecule has 0 amide bonds. The summed E-state index contributed by atoms with van der Waals surface area (Å²) >= 11 is 0. The fourth-order valence-electron chi connectivity index (χ4n) is 7.05. The van der Waals surface area contributed by atoms with Crippen LogP contribution in [-0.4, -0.2) is 0 Å². The smallest absolute Gasteiger partial charge is 0.166 e. The van der Waals surface area contributed by atoms with E-state index in [0.29, 0.717) is 11.3 Å². The third kappa shape index (κ3) is 3.84. The average Bonchev–Trinajstić information content (AvgIpc) is 2.76. The quantitative estimate of drug-likeness (QED) is 0.479. The van der Waals surface area contributed by atoms with Gasteiger partial charge in [0, 0.05) is 5.39 Å². The van der Waals surface area contributed by atoms with E-state index in [1.54, 1.807) is 12.1 Å². The highest BCUT2D eigenvalue weighted by Crippen LogP contribution is 2.49. The first-order valence-electron chi connectivity index (χ1n) is 12.0. The van der Waals surface area contributed by atoms with Crippen LogP contribution < -0.4 is 0 Å². The molecule has 0 heterocycles. The van der Waals surface area contributed by atoms with Crippen LogP contribution in [0.1, 0.15) is 82.6 Å². The Morgan fingerprint density at radius 2 is 1.34 bits per heavy atom. The van der Waals surface area contributed by atoms with E-state index in [1.165, 1.54) is 75.8 Å². The molecule has 0 aromatic heterocycles. The van der Waals surface area contributed by atoms with E-state index in [0.717, 1.165) is 35.0 Å². The van der Waals surface area contributed by atoms with E-state index in [2.05, 4.69) is 13.0 Å². The molecule has 0 nitrogen and oxygen atoms in total. The zero-order valence-corrected chi connectivity index (χ0v) is 17.7. The van der Waals surface area contributed by atoms with Crippen molar-refractivity contribution in [3.8, 4) is 0 Å². The Hall–Kier alpha value is -1.44. The predicted octanol–water partition coefficient (Wildman–Crippen LogP) is 8.24. The second-order valence-electron chi connectivity index (χ2n) is 10.5. The van der Waals surface area contributed by atoms with Crippen LogP contribution in [0.4, 0.5) is 8.78 Å². The van der Waals surface area contributed by atoms with Crippen molar-refractivity contribution >= 4 is 10.8 Å². The van der Waals surface area contributed by atoms with Gasteiger partial charge in [0.25, 0.3) is 0 Å². The first-order chi connectivity index (χ1) is 14.1. The first kappa shape index (κ1) is 19.5. The lowest BCUT2D eigenvalue weighted by Gasteiger charge is -2.45. The molecule has 2 aromatic rings. The van der Waals surface area contributed by atoms with E-state index in [9.17, 15) is 8.78 Å². The molecule has 0 aliphatic heterocycles. The first-order valence-corrected chi connectivity index (χ1v) is 12.0. The molecular weight excluding hydrogens is 362 g/mol. The van der Waals surface area contributed by atoms with Crippen LogP contribution >= 0.6 is 0 Å². The van der Waals surface area contributed by atoms with Gasteiger partial charge in [-0.1, -0.05) is 37.6 Å². The highest BCUT2D eigenvalue weighted by Gasteiger charge is 2.38. The standard InChI is InChI=1S/C27H34F2/c1-17-2-3-23-15-21(9-8-20(23)14-17)18-4-6-19(7-5-18)22-10-12-25-24(16-22)11-13-26(28)27(25)29/h10-13,16-21,23H,2-9,14-15H2,1H3. The minimum Gasteiger partial charge on any atom is -0.204 e. The number of hydrogen-bond donors (Lipinski definition) is 0. The largest absolute Gasteiger partial charge is 0.204 e. The summed E-state index contributed by atoms with van der Waals surface area (Å²) in [5.74, 6) is 3.97. The Balaban J connectivity index is 1.22. The molecule has 156 valence electrons. The van der Waals surface area contributed by atoms with Crippen molar-refractivity contribution in [2.75, 3.05) is 0 Å². The monoisotopic (exact) mass is 396 g/mol. The molecule has 3 aliphatic carbocycles. The summed E-state index contributed by atoms with van der Waals surface area (Å²) in [5.41, 5.74) is 1.31. The third-order valence-electron chi connectivity index (χ3n) is 8.76. The fourth-order valence-corrected chi connectivity index (χ4v) is 7.05. The molecule has 2 heteroatoms. The van der Waals surface area contributed by atoms with Crippen LogP contribution in [0.25, 0.3) is 10.8 Å². The molecular formula is C27H34F2. The van der Waals surface area contributed by atoms with Crippen molar-refractivity contribution in [1.29, 1.82) is 0 Å². The summed E-state index contributed by atoms with van der Waals surface area (Å²) in [6.07, 6.45) is 14.0. The topological polar surface area (TPSA) is 0 Å². The van der Waals surface area contributed by atoms with Gasteiger partial charge in [0.2, 0.25) is 0 Å². The Morgan fingerprint density at radius 3 is 2.14 bits per heavy atom. The van der Waals surface area contributed by atoms with Gasteiger partial charge < -0.3 is 0 Å². The van der Waals surface area contributed by atoms with Gasteiger partial charge in [-0.25, -0.2) is 8.78 Å². The molecule has 3 saturated carbocycles. The Bertz CT molecular complexity index is 864. The average molecular weight is 397 g/mol. The summed E-state index contributed by atoms with van der Waals surface area (Å²) in [7, 11) is 0. The maximum atomic E-state index is 14.0. The van der Waals surface area contributed by atoms with E-state index in [1.807, 2.05) is 6.07 Å². The number of benzene rings is 2. The van der Waals surface area contributed by atoms with Crippen molar-refractivity contribution in [1.82, 2.24) is 0 Å². The molecule has 0 radical (unpaired) electrons. The van der Waals surface area contributed by atoms with Gasteiger partial charge in [-0.3, -0.25) is 0 Å². The normalized spacial score (nSPS) is 35.4. The molecule has 4 unspecified atom stereocenters. The predicted molar refractivity (Wildman–Crippen MR) is 116 cm³/mol. The van der Waals surface area contributed by atoms with Crippen molar-refractivity contribution in [3.63, 3.8) is 0 Å². The lowest BCUT2D eigenvalue weighted by molar-refractivity contribution is 0.0672. The van der Waals surface area contributed by atoms with Crippen LogP contribution in [-0.2, 0) is 0 Å². The maximum Gasteiger partial charge on any atom is 0.166 e. The molecule has 0 spiro atoms. The second-order valence-corrected chi connectivity index (χ2v) is 10.5. The molecule has 29 heavy (non-hydrogen) atoms. The Kier molecular flexibility index (Phi) is 5.39. The van der Waals surface area contributed by atoms with Crippen molar-refractivity contribution in [3.05, 3.63) is 47.5 Å². The van der Waals surface area contributed by atoms with E-state index < -0.39 is 11.6 Å². The fraction of sp³-hybridized carbons (Fsp3) is 0.630. The van der Waals surface area contributed by atoms with Crippen molar-refractivity contribution in [2.45, 2.75) is 77.0 Å². The highest BCUT2D eigenvalue weighted by molar-refractivity contribution is 5.84. The molecule has 0 bridgehead atoms. The lowest BCUT2D eigenvalue weighted by Crippen LogP contribution is -2.34. The molecule has 3 aliphatic rings. The molecule has 4 atom stereocenters. The van der Waals surface area contributed by atoms with Gasteiger partial charge in [-0.15, -0.1) is 0 Å². The molecule has 2 aromatic carbocycles. The molecule has 0 N–H and O–H groups in total. The van der Waals surface area contributed by atoms with Crippen LogP contribution in [0, 0.1) is 41.2 Å². The van der Waals surface area contributed by atoms with Crippen LogP contribution in [0.3, 0.4) is 0 Å². The Labute approximate surface area is 174 Å². The number of halogens is 2. The van der Waals surface area contributed by atoms with Gasteiger partial charge in [-0.2, -0.15) is 0 Å². The van der Waals surface area contributed by atoms with Gasteiger partial charge in [-0.05, 0) is 110 Å². The minimum atomic E-state index is -0.757. The highest BCUT2D eigenvalue weighted by atomic mass is 19.2. The van der Waals surface area contributed by atoms with E-state index in [4.69, 9.17) is 0 Å². The van der Waals surface area contributed by atoms with Gasteiger partial charge in [0.05, 0.1) is 0 Å². The zero-order valence-electron chi connectivity index (χ0n) is 17.7. The van der Waals surface area contributed by atoms with Gasteiger partial charge >= 0.3 is 0 Å². The van der Waals surface area contributed by atoms with E-state index in [-0.39, 0.29) is 0 Å². The Morgan fingerprint density at radius 1 is 0.690 bits per heavy atom. The lowest BCUT2D eigenvalue weighted by atomic mass is 9.61. The van der Waals surface area contributed by atoms with Crippen molar-refractivity contribution < 1.29 is 8.78 Å². The van der Waals surface area contributed by atoms with Crippen molar-refractivity contribution in [2.24, 2.45) is 29.6 Å². The van der Waals surface area contributed by atoms with Gasteiger partial charge in [0.15, 0.2) is 11.6 Å². The second kappa shape index (κ2) is 8.00. The van der Waals surface area contributed by atoms with E-state index >= 15 is 0 Å². The summed E-state index contributed by atoms with van der Waals surface area (Å²) in [5, 5.41) is 1.23. The summed E-state index contributed by atoms with van der Waals surface area (Å²) in [4.78, 5) is 0. The van der Waals surface area contributed by atoms with Crippen LogP contribution in [0.5, 0.6) is 0 Å². The third-order valence-corrected chi connectivity index (χ3v) is 8.76. The zero-order chi connectivity index (χ0) is 20.0. The van der Waals surface area contributed by atoms with Crippen LogP contribution in [0.15, 0.2) is 30.3 Å². The molecule has 3 fully saturated rings. The number of fused-ring (bicyclic) bond motifs is 2. The number of hydrogen-bond acceptors (Lipinski definition) is 0. The van der Waals surface area contributed by atoms with Gasteiger partial charge in [0.1, 0.15) is 0 Å². The summed E-state index contributed by atoms with van der Waals surface area (Å²) in [6, 6.07) is 8.87. The number of rotatable bonds is 2. The molecule has 0 saturated heterocycles. The maximum absolute atomic E-state index is 14.0. The SMILES string of the molecule is CC1CCC2CC(C3CCC(c4ccc5c(F)c(F)ccc5c4)CC3)CCC2C1. The summed E-state index contributed by atoms with van der Waals surface area (Å²) < 4.78 is 27.5. The molecule has 5 rings (SSSR count). The summed E-state index contributed by atoms with van der Waals surface area (Å²) in [6.45, 7) is 2.45. The minimum absolute atomic E-state index is 0.404. The van der Waals surface area contributed by atoms with Crippen LogP contribution in [0.2, 0.25) is 0 Å².